The van der Waals surface area contributed by atoms with Crippen molar-refractivity contribution in [2.75, 3.05) is 18.8 Å². The number of nitrogens with one attached hydrogen (secondary N) is 1. The predicted octanol–water partition coefficient (Wildman–Crippen LogP) is 4.79. The smallest absolute Gasteiger partial charge is 0.253 e. The number of nitrogen functional groups attached to an aromatic ring is 1. The van der Waals surface area contributed by atoms with Crippen LogP contribution < -0.4 is 5.73 Å². The Labute approximate surface area is 197 Å². The number of piperidine rings is 1. The van der Waals surface area contributed by atoms with Gasteiger partial charge < -0.3 is 15.6 Å². The monoisotopic (exact) mass is 450 g/mol. The van der Waals surface area contributed by atoms with Crippen LogP contribution >= 0.6 is 0 Å². The molecule has 0 bridgehead atoms. The number of hydrogen-bond donors (Lipinski definition) is 2. The lowest BCUT2D eigenvalue weighted by Crippen LogP contribution is -2.38. The molecule has 0 spiro atoms. The first kappa shape index (κ1) is 20.5. The van der Waals surface area contributed by atoms with Crippen LogP contribution in [-0.2, 0) is 0 Å². The largest absolute Gasteiger partial charge is 0.382 e. The zero-order chi connectivity index (χ0) is 23.2. The summed E-state index contributed by atoms with van der Waals surface area (Å²) >= 11 is 0. The molecule has 0 atom stereocenters. The first-order valence-corrected chi connectivity index (χ1v) is 11.6. The fraction of sp³-hybridized carbons (Fsp3) is 0.222. The molecule has 4 heterocycles. The van der Waals surface area contributed by atoms with Crippen LogP contribution in [0.5, 0.6) is 0 Å². The Bertz CT molecular complexity index is 1470. The van der Waals surface area contributed by atoms with Gasteiger partial charge in [-0.15, -0.1) is 0 Å². The third-order valence-electron chi connectivity index (χ3n) is 6.84. The van der Waals surface area contributed by atoms with Gasteiger partial charge in [0.15, 0.2) is 0 Å². The highest BCUT2D eigenvalue weighted by molar-refractivity contribution is 5.94. The average molecular weight is 451 g/mol. The molecule has 0 radical (unpaired) electrons. The van der Waals surface area contributed by atoms with Gasteiger partial charge in [-0.25, -0.2) is 9.97 Å². The van der Waals surface area contributed by atoms with Crippen LogP contribution in [0.15, 0.2) is 67.0 Å². The molecule has 1 aliphatic rings. The van der Waals surface area contributed by atoms with Crippen molar-refractivity contribution in [3.8, 4) is 11.4 Å². The van der Waals surface area contributed by atoms with Crippen molar-refractivity contribution in [3.63, 3.8) is 0 Å². The van der Waals surface area contributed by atoms with Crippen LogP contribution in [0.3, 0.4) is 0 Å². The highest BCUT2D eigenvalue weighted by Gasteiger charge is 2.29. The number of H-pyrrole nitrogens is 1. The van der Waals surface area contributed by atoms with Gasteiger partial charge in [0, 0.05) is 47.9 Å². The number of imidazole rings is 1. The molecule has 7 nitrogen and oxygen atoms in total. The molecule has 1 fully saturated rings. The summed E-state index contributed by atoms with van der Waals surface area (Å²) in [6.45, 7) is 3.43. The number of para-hydroxylation sites is 1. The zero-order valence-corrected chi connectivity index (χ0v) is 19.0. The van der Waals surface area contributed by atoms with Gasteiger partial charge >= 0.3 is 0 Å². The molecule has 0 unspecified atom stereocenters. The van der Waals surface area contributed by atoms with Crippen LogP contribution in [0.4, 0.5) is 5.82 Å². The first-order valence-electron chi connectivity index (χ1n) is 11.6. The van der Waals surface area contributed by atoms with Crippen LogP contribution in [0, 0.1) is 6.92 Å². The van der Waals surface area contributed by atoms with E-state index in [1.165, 1.54) is 0 Å². The number of benzene rings is 2. The number of fused-ring (bicyclic) bond motifs is 2. The third-order valence-corrected chi connectivity index (χ3v) is 6.84. The van der Waals surface area contributed by atoms with E-state index in [9.17, 15) is 4.79 Å². The lowest BCUT2D eigenvalue weighted by Gasteiger charge is -2.31. The van der Waals surface area contributed by atoms with E-state index in [0.29, 0.717) is 18.9 Å². The second kappa shape index (κ2) is 8.02. The summed E-state index contributed by atoms with van der Waals surface area (Å²) in [5.74, 6) is 1.76. The Balaban J connectivity index is 1.31. The molecule has 34 heavy (non-hydrogen) atoms. The van der Waals surface area contributed by atoms with Crippen molar-refractivity contribution in [2.45, 2.75) is 25.7 Å². The molecule has 0 aliphatic carbocycles. The molecule has 0 saturated carbocycles. The number of aryl methyl sites for hydroxylation is 1. The van der Waals surface area contributed by atoms with E-state index in [2.05, 4.69) is 32.6 Å². The summed E-state index contributed by atoms with van der Waals surface area (Å²) < 4.78 is 2.07. The quantitative estimate of drug-likeness (QED) is 0.413. The molecule has 2 aromatic carbocycles. The highest BCUT2D eigenvalue weighted by Crippen LogP contribution is 2.35. The van der Waals surface area contributed by atoms with E-state index in [-0.39, 0.29) is 11.8 Å². The highest BCUT2D eigenvalue weighted by atomic mass is 16.2. The van der Waals surface area contributed by atoms with Crippen molar-refractivity contribution >= 4 is 28.1 Å². The van der Waals surface area contributed by atoms with Crippen LogP contribution in [0.1, 0.15) is 40.5 Å². The average Bonchev–Trinajstić information content (AvgIpc) is 3.47. The number of anilines is 1. The summed E-state index contributed by atoms with van der Waals surface area (Å²) in [7, 11) is 0. The Kier molecular flexibility index (Phi) is 4.83. The molecule has 6 rings (SSSR count). The van der Waals surface area contributed by atoms with E-state index < -0.39 is 0 Å². The van der Waals surface area contributed by atoms with Crippen molar-refractivity contribution < 1.29 is 4.79 Å². The fourth-order valence-electron chi connectivity index (χ4n) is 4.98. The molecular formula is C27H26N6O. The molecular weight excluding hydrogens is 424 g/mol. The number of rotatable bonds is 3. The first-order chi connectivity index (χ1) is 16.6. The number of aromatic nitrogens is 4. The van der Waals surface area contributed by atoms with E-state index in [1.807, 2.05) is 54.4 Å². The van der Waals surface area contributed by atoms with E-state index in [0.717, 1.165) is 57.6 Å². The standard InChI is InChI=1S/C27H26N6O/c1-17-6-8-19(9-7-17)27(34)32-13-10-18(11-14-32)26-31-23(24-25(28)29-12-15-33(24)26)22-16-20-4-2-3-5-21(20)30-22/h2-9,12,15-16,18,30H,10-11,13-14H2,1H3,(H2,28,29). The van der Waals surface area contributed by atoms with Gasteiger partial charge in [0.2, 0.25) is 0 Å². The lowest BCUT2D eigenvalue weighted by atomic mass is 9.95. The van der Waals surface area contributed by atoms with Gasteiger partial charge in [0.1, 0.15) is 22.9 Å². The molecule has 1 amide bonds. The third kappa shape index (κ3) is 3.41. The zero-order valence-electron chi connectivity index (χ0n) is 19.0. The topological polar surface area (TPSA) is 92.3 Å². The maximum Gasteiger partial charge on any atom is 0.253 e. The van der Waals surface area contributed by atoms with Crippen LogP contribution in [0.2, 0.25) is 0 Å². The molecule has 1 saturated heterocycles. The molecule has 1 aliphatic heterocycles. The minimum Gasteiger partial charge on any atom is -0.382 e. The number of aromatic amines is 1. The van der Waals surface area contributed by atoms with E-state index >= 15 is 0 Å². The summed E-state index contributed by atoms with van der Waals surface area (Å²) in [6.07, 6.45) is 5.36. The second-order valence-corrected chi connectivity index (χ2v) is 9.05. The Morgan fingerprint density at radius 3 is 2.62 bits per heavy atom. The van der Waals surface area contributed by atoms with Gasteiger partial charge in [-0.05, 0) is 44.0 Å². The number of carbonyl (C=O) groups excluding carboxylic acids is 1. The second-order valence-electron chi connectivity index (χ2n) is 9.05. The van der Waals surface area contributed by atoms with E-state index in [1.54, 1.807) is 6.20 Å². The Morgan fingerprint density at radius 2 is 1.85 bits per heavy atom. The normalized spacial score (nSPS) is 14.8. The maximum atomic E-state index is 13.0. The molecule has 7 heteroatoms. The van der Waals surface area contributed by atoms with Crippen LogP contribution in [-0.4, -0.2) is 43.2 Å². The predicted molar refractivity (Wildman–Crippen MR) is 134 cm³/mol. The van der Waals surface area contributed by atoms with Crippen LogP contribution in [0.25, 0.3) is 27.8 Å². The van der Waals surface area contributed by atoms with Gasteiger partial charge in [0.05, 0.1) is 5.69 Å². The maximum absolute atomic E-state index is 13.0. The SMILES string of the molecule is Cc1ccc(C(=O)N2CCC(c3nc(-c4cc5ccccc5[nH]4)c4c(N)nccn34)CC2)cc1. The Morgan fingerprint density at radius 1 is 1.09 bits per heavy atom. The summed E-state index contributed by atoms with van der Waals surface area (Å²) in [5.41, 5.74) is 11.9. The number of nitrogens with zero attached hydrogens (tertiary/aromatic N) is 4. The number of carbonyl (C=O) groups is 1. The minimum atomic E-state index is 0.0960. The van der Waals surface area contributed by atoms with Crippen molar-refractivity contribution in [3.05, 3.63) is 83.9 Å². The van der Waals surface area contributed by atoms with Gasteiger partial charge in [-0.1, -0.05) is 35.9 Å². The summed E-state index contributed by atoms with van der Waals surface area (Å²) in [5, 5.41) is 1.13. The number of likely N-dealkylation sites (tertiary alicyclic amines) is 1. The summed E-state index contributed by atoms with van der Waals surface area (Å²) in [4.78, 5) is 27.8. The minimum absolute atomic E-state index is 0.0960. The number of hydrogen-bond acceptors (Lipinski definition) is 4. The molecule has 170 valence electrons. The molecule has 5 aromatic rings. The molecule has 3 N–H and O–H groups in total. The Hall–Kier alpha value is -4.13. The lowest BCUT2D eigenvalue weighted by molar-refractivity contribution is 0.0711. The van der Waals surface area contributed by atoms with Gasteiger partial charge in [-0.3, -0.25) is 9.20 Å². The van der Waals surface area contributed by atoms with Gasteiger partial charge in [0.25, 0.3) is 5.91 Å². The van der Waals surface area contributed by atoms with E-state index in [4.69, 9.17) is 10.7 Å². The number of amides is 1. The number of nitrogens with two attached hydrogens (primary N) is 1. The fourth-order valence-corrected chi connectivity index (χ4v) is 4.98. The summed E-state index contributed by atoms with van der Waals surface area (Å²) in [6, 6.07) is 18.1. The van der Waals surface area contributed by atoms with Crippen molar-refractivity contribution in [1.82, 2.24) is 24.3 Å². The van der Waals surface area contributed by atoms with Crippen molar-refractivity contribution in [1.29, 1.82) is 0 Å². The molecule has 3 aromatic heterocycles. The van der Waals surface area contributed by atoms with Crippen molar-refractivity contribution in [2.24, 2.45) is 0 Å². The van der Waals surface area contributed by atoms with Gasteiger partial charge in [-0.2, -0.15) is 0 Å².